The summed E-state index contributed by atoms with van der Waals surface area (Å²) in [6, 6.07) is 0. The second-order valence-corrected chi connectivity index (χ2v) is 32.0. The lowest BCUT2D eigenvalue weighted by atomic mass is 10.0. The van der Waals surface area contributed by atoms with Crippen molar-refractivity contribution in [3.63, 3.8) is 0 Å². The van der Waals surface area contributed by atoms with Crippen LogP contribution in [0.4, 0.5) is 0 Å². The average molecular weight is 1420 g/mol. The summed E-state index contributed by atoms with van der Waals surface area (Å²) >= 11 is 0. The summed E-state index contributed by atoms with van der Waals surface area (Å²) in [5.41, 5.74) is 0. The van der Waals surface area contributed by atoms with Gasteiger partial charge in [0.1, 0.15) is 19.3 Å². The zero-order valence-electron chi connectivity index (χ0n) is 63.4. The number of aliphatic hydroxyl groups is 1. The van der Waals surface area contributed by atoms with Gasteiger partial charge in [0, 0.05) is 25.7 Å². The van der Waals surface area contributed by atoms with Crippen molar-refractivity contribution < 1.29 is 80.2 Å². The highest BCUT2D eigenvalue weighted by atomic mass is 31.2. The third kappa shape index (κ3) is 72.2. The molecule has 0 aromatic rings. The first-order chi connectivity index (χ1) is 46.9. The minimum absolute atomic E-state index is 0.106. The number of phosphoric acid groups is 2. The van der Waals surface area contributed by atoms with Crippen molar-refractivity contribution in [2.75, 3.05) is 39.6 Å². The van der Waals surface area contributed by atoms with Crippen LogP contribution >= 0.6 is 15.6 Å². The average Bonchev–Trinajstić information content (AvgIpc) is 1.49. The maximum absolute atomic E-state index is 13.1. The van der Waals surface area contributed by atoms with Crippen LogP contribution < -0.4 is 0 Å². The predicted molar refractivity (Wildman–Crippen MR) is 395 cm³/mol. The molecule has 97 heavy (non-hydrogen) atoms. The third-order valence-electron chi connectivity index (χ3n) is 18.2. The van der Waals surface area contributed by atoms with E-state index in [0.29, 0.717) is 25.7 Å². The highest BCUT2D eigenvalue weighted by Gasteiger charge is 2.30. The number of ether oxygens (including phenoxy) is 4. The van der Waals surface area contributed by atoms with Crippen LogP contribution in [0, 0.1) is 11.8 Å². The van der Waals surface area contributed by atoms with Gasteiger partial charge in [-0.15, -0.1) is 0 Å². The Labute approximate surface area is 594 Å². The normalized spacial score (nSPS) is 14.0. The highest BCUT2D eigenvalue weighted by molar-refractivity contribution is 7.47. The second kappa shape index (κ2) is 69.8. The molecule has 0 aliphatic carbocycles. The molecule has 5 atom stereocenters. The molecular formula is C78H152O17P2. The summed E-state index contributed by atoms with van der Waals surface area (Å²) in [5, 5.41) is 10.6. The molecule has 0 aromatic carbocycles. The summed E-state index contributed by atoms with van der Waals surface area (Å²) in [5.74, 6) is -0.550. The molecule has 17 nitrogen and oxygen atoms in total. The van der Waals surface area contributed by atoms with Crippen LogP contribution in [-0.4, -0.2) is 96.7 Å². The molecule has 0 amide bonds. The standard InChI is InChI=1S/C78H152O17P2/c1-7-9-11-13-14-15-16-17-18-19-20-21-25-28-33-38-43-49-55-61-76(81)89-67-74(95-78(83)62-56-50-44-39-34-29-26-23-22-24-27-31-36-41-47-52-58-70(3)4)69-93-97(86,87)91-65-72(79)64-90-96(84,85)92-68-73(66-88-75(80)60-54-46-12-10-8-2)94-77(82)63-57-51-45-40-35-30-32-37-42-48-53-59-71(5)6/h70-74,79H,7-69H2,1-6H3,(H,84,85)(H,86,87)/t72-,73+,74+/m0/s1. The van der Waals surface area contributed by atoms with Crippen molar-refractivity contribution in [2.24, 2.45) is 11.8 Å². The zero-order valence-corrected chi connectivity index (χ0v) is 65.2. The number of rotatable bonds is 77. The van der Waals surface area contributed by atoms with Crippen LogP contribution in [0.15, 0.2) is 0 Å². The summed E-state index contributed by atoms with van der Waals surface area (Å²) in [6.45, 7) is 9.55. The molecular weight excluding hydrogens is 1270 g/mol. The molecule has 2 unspecified atom stereocenters. The molecule has 576 valence electrons. The van der Waals surface area contributed by atoms with Gasteiger partial charge in [-0.2, -0.15) is 0 Å². The van der Waals surface area contributed by atoms with Crippen LogP contribution in [0.5, 0.6) is 0 Å². The molecule has 0 aliphatic heterocycles. The number of phosphoric ester groups is 2. The molecule has 0 saturated heterocycles. The summed E-state index contributed by atoms with van der Waals surface area (Å²) in [7, 11) is -9.90. The number of esters is 4. The number of carbonyl (C=O) groups excluding carboxylic acids is 4. The summed E-state index contributed by atoms with van der Waals surface area (Å²) < 4.78 is 68.4. The molecule has 0 radical (unpaired) electrons. The van der Waals surface area contributed by atoms with Gasteiger partial charge < -0.3 is 33.8 Å². The number of unbranched alkanes of at least 4 members (excludes halogenated alkanes) is 47. The van der Waals surface area contributed by atoms with E-state index in [1.807, 2.05) is 0 Å². The molecule has 0 fully saturated rings. The van der Waals surface area contributed by atoms with Crippen molar-refractivity contribution in [3.8, 4) is 0 Å². The van der Waals surface area contributed by atoms with Gasteiger partial charge in [-0.3, -0.25) is 37.3 Å². The topological polar surface area (TPSA) is 237 Å². The van der Waals surface area contributed by atoms with Gasteiger partial charge in [0.15, 0.2) is 12.2 Å². The lowest BCUT2D eigenvalue weighted by Gasteiger charge is -2.21. The number of hydrogen-bond donors (Lipinski definition) is 3. The van der Waals surface area contributed by atoms with E-state index in [1.54, 1.807) is 0 Å². The molecule has 3 N–H and O–H groups in total. The van der Waals surface area contributed by atoms with Crippen molar-refractivity contribution >= 4 is 39.5 Å². The van der Waals surface area contributed by atoms with Gasteiger partial charge in [0.25, 0.3) is 0 Å². The monoisotopic (exact) mass is 1420 g/mol. The van der Waals surface area contributed by atoms with Crippen molar-refractivity contribution in [1.29, 1.82) is 0 Å². The van der Waals surface area contributed by atoms with Crippen molar-refractivity contribution in [1.82, 2.24) is 0 Å². The van der Waals surface area contributed by atoms with Crippen LogP contribution in [0.2, 0.25) is 0 Å². The Hall–Kier alpha value is -1.94. The number of aliphatic hydroxyl groups excluding tert-OH is 1. The first-order valence-electron chi connectivity index (χ1n) is 40.5. The molecule has 19 heteroatoms. The van der Waals surface area contributed by atoms with E-state index in [2.05, 4.69) is 41.5 Å². The van der Waals surface area contributed by atoms with E-state index in [9.17, 15) is 43.2 Å². The first-order valence-corrected chi connectivity index (χ1v) is 43.5. The van der Waals surface area contributed by atoms with Gasteiger partial charge in [-0.1, -0.05) is 356 Å². The van der Waals surface area contributed by atoms with E-state index in [0.717, 1.165) is 108 Å². The molecule has 0 heterocycles. The van der Waals surface area contributed by atoms with Crippen molar-refractivity contribution in [3.05, 3.63) is 0 Å². The largest absolute Gasteiger partial charge is 0.472 e. The fourth-order valence-electron chi connectivity index (χ4n) is 12.0. The predicted octanol–water partition coefficient (Wildman–Crippen LogP) is 23.1. The second-order valence-electron chi connectivity index (χ2n) is 29.1. The Kier molecular flexibility index (Phi) is 68.4. The smallest absolute Gasteiger partial charge is 0.462 e. The molecule has 0 aromatic heterocycles. The van der Waals surface area contributed by atoms with E-state index in [-0.39, 0.29) is 25.7 Å². The van der Waals surface area contributed by atoms with Gasteiger partial charge in [-0.05, 0) is 37.5 Å². The number of carbonyl (C=O) groups is 4. The van der Waals surface area contributed by atoms with Crippen LogP contribution in [-0.2, 0) is 65.4 Å². The molecule has 0 bridgehead atoms. The fourth-order valence-corrected chi connectivity index (χ4v) is 13.6. The highest BCUT2D eigenvalue weighted by Crippen LogP contribution is 2.45. The zero-order chi connectivity index (χ0) is 71.4. The first kappa shape index (κ1) is 95.1. The maximum Gasteiger partial charge on any atom is 0.472 e. The Morgan fingerprint density at radius 3 is 0.701 bits per heavy atom. The SMILES string of the molecule is CCCCCCCCCCCCCCCCCCCCCC(=O)OC[C@H](COP(=O)(O)OC[C@@H](O)COP(=O)(O)OC[C@@H](COC(=O)CCCCCCC)OC(=O)CCCCCCCCCCCCCC(C)C)OC(=O)CCCCCCCCCCCCCCCCCCC(C)C. The molecule has 0 spiro atoms. The summed E-state index contributed by atoms with van der Waals surface area (Å²) in [4.78, 5) is 72.6. The van der Waals surface area contributed by atoms with Gasteiger partial charge >= 0.3 is 39.5 Å². The Bertz CT molecular complexity index is 1870. The van der Waals surface area contributed by atoms with Gasteiger partial charge in [0.05, 0.1) is 26.4 Å². The van der Waals surface area contributed by atoms with Crippen LogP contribution in [0.1, 0.15) is 408 Å². The van der Waals surface area contributed by atoms with Crippen LogP contribution in [0.25, 0.3) is 0 Å². The lowest BCUT2D eigenvalue weighted by Crippen LogP contribution is -2.30. The van der Waals surface area contributed by atoms with Crippen LogP contribution in [0.3, 0.4) is 0 Å². The minimum Gasteiger partial charge on any atom is -0.462 e. The minimum atomic E-state index is -4.96. The Morgan fingerprint density at radius 1 is 0.278 bits per heavy atom. The molecule has 0 rings (SSSR count). The Balaban J connectivity index is 5.13. The molecule has 0 aliphatic rings. The maximum atomic E-state index is 13.1. The van der Waals surface area contributed by atoms with Crippen molar-refractivity contribution in [2.45, 2.75) is 426 Å². The van der Waals surface area contributed by atoms with E-state index >= 15 is 0 Å². The van der Waals surface area contributed by atoms with Gasteiger partial charge in [-0.25, -0.2) is 9.13 Å². The lowest BCUT2D eigenvalue weighted by molar-refractivity contribution is -0.161. The fraction of sp³-hybridized carbons (Fsp3) is 0.949. The molecule has 0 saturated carbocycles. The van der Waals surface area contributed by atoms with E-state index < -0.39 is 97.5 Å². The summed E-state index contributed by atoms with van der Waals surface area (Å²) in [6.07, 6.45) is 58.8. The van der Waals surface area contributed by atoms with E-state index in [4.69, 9.17) is 37.0 Å². The third-order valence-corrected chi connectivity index (χ3v) is 20.1. The van der Waals surface area contributed by atoms with E-state index in [1.165, 1.54) is 218 Å². The van der Waals surface area contributed by atoms with Gasteiger partial charge in [0.2, 0.25) is 0 Å². The quantitative estimate of drug-likeness (QED) is 0.0222. The Morgan fingerprint density at radius 2 is 0.474 bits per heavy atom. The number of hydrogen-bond acceptors (Lipinski definition) is 15.